The lowest BCUT2D eigenvalue weighted by Gasteiger charge is -2.27. The Bertz CT molecular complexity index is 448. The average Bonchev–Trinajstić information content (AvgIpc) is 3.48. The van der Waals surface area contributed by atoms with Crippen LogP contribution in [0.25, 0.3) is 0 Å². The van der Waals surface area contributed by atoms with E-state index < -0.39 is 0 Å². The van der Waals surface area contributed by atoms with Crippen LogP contribution in [0.4, 0.5) is 4.79 Å². The number of guanidine groups is 1. The van der Waals surface area contributed by atoms with E-state index in [0.29, 0.717) is 19.1 Å². The SMILES string of the molecule is CCNC(=NCC(NC(=O)OCC)C1CC1)N(C)CCC1CCOCC1. The molecule has 2 aliphatic rings. The fourth-order valence-electron chi connectivity index (χ4n) is 3.31. The number of amides is 1. The van der Waals surface area contributed by atoms with E-state index in [4.69, 9.17) is 14.5 Å². The van der Waals surface area contributed by atoms with Gasteiger partial charge < -0.3 is 25.0 Å². The summed E-state index contributed by atoms with van der Waals surface area (Å²) < 4.78 is 10.5. The van der Waals surface area contributed by atoms with E-state index in [-0.39, 0.29) is 12.1 Å². The third-order valence-corrected chi connectivity index (χ3v) is 5.12. The third kappa shape index (κ3) is 7.40. The smallest absolute Gasteiger partial charge is 0.407 e. The molecule has 1 aliphatic carbocycles. The van der Waals surface area contributed by atoms with Gasteiger partial charge in [-0.05, 0) is 57.8 Å². The molecular weight excluding hydrogens is 332 g/mol. The first-order valence-corrected chi connectivity index (χ1v) is 10.1. The summed E-state index contributed by atoms with van der Waals surface area (Å²) in [6.07, 6.45) is 5.46. The summed E-state index contributed by atoms with van der Waals surface area (Å²) in [7, 11) is 2.09. The molecule has 0 spiro atoms. The molecule has 7 heteroatoms. The predicted octanol–water partition coefficient (Wildman–Crippen LogP) is 2.23. The van der Waals surface area contributed by atoms with Crippen molar-refractivity contribution < 1.29 is 14.3 Å². The van der Waals surface area contributed by atoms with Crippen LogP contribution in [0, 0.1) is 11.8 Å². The third-order valence-electron chi connectivity index (χ3n) is 5.12. The highest BCUT2D eigenvalue weighted by molar-refractivity contribution is 5.79. The molecule has 1 saturated carbocycles. The second-order valence-electron chi connectivity index (χ2n) is 7.27. The van der Waals surface area contributed by atoms with Crippen molar-refractivity contribution in [3.63, 3.8) is 0 Å². The van der Waals surface area contributed by atoms with Crippen LogP contribution in [-0.2, 0) is 9.47 Å². The molecule has 1 atom stereocenters. The Morgan fingerprint density at radius 2 is 2.00 bits per heavy atom. The van der Waals surface area contributed by atoms with Gasteiger partial charge in [-0.3, -0.25) is 4.99 Å². The summed E-state index contributed by atoms with van der Waals surface area (Å²) in [5.74, 6) is 2.19. The highest BCUT2D eigenvalue weighted by Gasteiger charge is 2.32. The van der Waals surface area contributed by atoms with Crippen molar-refractivity contribution in [2.45, 2.75) is 52.0 Å². The highest BCUT2D eigenvalue weighted by atomic mass is 16.5. The van der Waals surface area contributed by atoms with Crippen LogP contribution in [0.3, 0.4) is 0 Å². The Morgan fingerprint density at radius 3 is 2.62 bits per heavy atom. The Hall–Kier alpha value is -1.50. The molecule has 0 aromatic rings. The molecule has 26 heavy (non-hydrogen) atoms. The molecule has 2 rings (SSSR count). The number of rotatable bonds is 9. The van der Waals surface area contributed by atoms with Crippen LogP contribution in [0.1, 0.15) is 46.0 Å². The van der Waals surface area contributed by atoms with Crippen molar-refractivity contribution in [3.05, 3.63) is 0 Å². The molecule has 150 valence electrons. The number of ether oxygens (including phenoxy) is 2. The van der Waals surface area contributed by atoms with Gasteiger partial charge >= 0.3 is 6.09 Å². The minimum absolute atomic E-state index is 0.0617. The van der Waals surface area contributed by atoms with Gasteiger partial charge in [0.25, 0.3) is 0 Å². The number of hydrogen-bond donors (Lipinski definition) is 2. The van der Waals surface area contributed by atoms with Gasteiger partial charge in [-0.15, -0.1) is 0 Å². The number of alkyl carbamates (subject to hydrolysis) is 1. The molecule has 7 nitrogen and oxygen atoms in total. The lowest BCUT2D eigenvalue weighted by Crippen LogP contribution is -2.43. The Balaban J connectivity index is 1.85. The number of nitrogens with zero attached hydrogens (tertiary/aromatic N) is 2. The Labute approximate surface area is 157 Å². The molecule has 2 fully saturated rings. The summed E-state index contributed by atoms with van der Waals surface area (Å²) in [5.41, 5.74) is 0. The topological polar surface area (TPSA) is 75.2 Å². The summed E-state index contributed by atoms with van der Waals surface area (Å²) in [6, 6.07) is 0.0617. The van der Waals surface area contributed by atoms with E-state index in [2.05, 4.69) is 29.5 Å². The van der Waals surface area contributed by atoms with Crippen molar-refractivity contribution in [3.8, 4) is 0 Å². The van der Waals surface area contributed by atoms with Gasteiger partial charge in [0.05, 0.1) is 19.2 Å². The van der Waals surface area contributed by atoms with Crippen LogP contribution in [0.15, 0.2) is 4.99 Å². The molecule has 1 aliphatic heterocycles. The minimum atomic E-state index is -0.336. The van der Waals surface area contributed by atoms with Crippen LogP contribution in [0.2, 0.25) is 0 Å². The zero-order chi connectivity index (χ0) is 18.8. The fourth-order valence-corrected chi connectivity index (χ4v) is 3.31. The molecule has 0 aromatic carbocycles. The van der Waals surface area contributed by atoms with Crippen LogP contribution in [0.5, 0.6) is 0 Å². The van der Waals surface area contributed by atoms with Crippen molar-refractivity contribution in [2.75, 3.05) is 46.5 Å². The zero-order valence-corrected chi connectivity index (χ0v) is 16.6. The number of hydrogen-bond acceptors (Lipinski definition) is 4. The van der Waals surface area contributed by atoms with Gasteiger partial charge in [-0.2, -0.15) is 0 Å². The van der Waals surface area contributed by atoms with Gasteiger partial charge in [0.15, 0.2) is 5.96 Å². The molecular formula is C19H36N4O3. The van der Waals surface area contributed by atoms with Crippen LogP contribution in [-0.4, -0.2) is 69.5 Å². The lowest BCUT2D eigenvalue weighted by molar-refractivity contribution is 0.0625. The average molecular weight is 369 g/mol. The van der Waals surface area contributed by atoms with E-state index in [9.17, 15) is 4.79 Å². The zero-order valence-electron chi connectivity index (χ0n) is 16.6. The van der Waals surface area contributed by atoms with E-state index in [1.807, 2.05) is 6.92 Å². The molecule has 1 heterocycles. The van der Waals surface area contributed by atoms with E-state index >= 15 is 0 Å². The van der Waals surface area contributed by atoms with Crippen molar-refractivity contribution in [1.82, 2.24) is 15.5 Å². The first kappa shape index (κ1) is 20.8. The summed E-state index contributed by atoms with van der Waals surface area (Å²) in [5, 5.41) is 6.34. The number of aliphatic imine (C=N–C) groups is 1. The van der Waals surface area contributed by atoms with Crippen molar-refractivity contribution in [2.24, 2.45) is 16.8 Å². The molecule has 0 radical (unpaired) electrons. The summed E-state index contributed by atoms with van der Waals surface area (Å²) >= 11 is 0. The standard InChI is InChI=1S/C19H36N4O3/c1-4-20-18(23(3)11-8-15-9-12-25-13-10-15)21-14-17(16-6-7-16)22-19(24)26-5-2/h15-17H,4-14H2,1-3H3,(H,20,21)(H,22,24). The van der Waals surface area contributed by atoms with Crippen molar-refractivity contribution in [1.29, 1.82) is 0 Å². The first-order valence-electron chi connectivity index (χ1n) is 10.1. The monoisotopic (exact) mass is 368 g/mol. The van der Waals surface area contributed by atoms with Crippen LogP contribution < -0.4 is 10.6 Å². The molecule has 1 saturated heterocycles. The normalized spacial score (nSPS) is 19.7. The molecule has 1 amide bonds. The van der Waals surface area contributed by atoms with Gasteiger partial charge in [0.1, 0.15) is 0 Å². The van der Waals surface area contributed by atoms with Gasteiger partial charge in [-0.1, -0.05) is 0 Å². The largest absolute Gasteiger partial charge is 0.450 e. The Kier molecular flexibility index (Phi) is 9.01. The number of nitrogens with one attached hydrogen (secondary N) is 2. The van der Waals surface area contributed by atoms with Gasteiger partial charge in [-0.25, -0.2) is 4.79 Å². The lowest BCUT2D eigenvalue weighted by atomic mass is 9.96. The quantitative estimate of drug-likeness (QED) is 0.482. The maximum absolute atomic E-state index is 11.7. The number of carbonyl (C=O) groups excluding carboxylic acids is 1. The summed E-state index contributed by atoms with van der Waals surface area (Å²) in [6.45, 7) is 8.49. The van der Waals surface area contributed by atoms with Gasteiger partial charge in [0, 0.05) is 33.4 Å². The predicted molar refractivity (Wildman–Crippen MR) is 103 cm³/mol. The molecule has 0 bridgehead atoms. The van der Waals surface area contributed by atoms with Gasteiger partial charge in [0.2, 0.25) is 0 Å². The second kappa shape index (κ2) is 11.3. The highest BCUT2D eigenvalue weighted by Crippen LogP contribution is 2.32. The maximum atomic E-state index is 11.7. The Morgan fingerprint density at radius 1 is 1.27 bits per heavy atom. The number of carbonyl (C=O) groups is 1. The minimum Gasteiger partial charge on any atom is -0.450 e. The fraction of sp³-hybridized carbons (Fsp3) is 0.895. The second-order valence-corrected chi connectivity index (χ2v) is 7.27. The molecule has 1 unspecified atom stereocenters. The van der Waals surface area contributed by atoms with Crippen LogP contribution >= 0.6 is 0 Å². The molecule has 0 aromatic heterocycles. The van der Waals surface area contributed by atoms with E-state index in [0.717, 1.165) is 70.3 Å². The molecule has 2 N–H and O–H groups in total. The van der Waals surface area contributed by atoms with E-state index in [1.54, 1.807) is 0 Å². The van der Waals surface area contributed by atoms with E-state index in [1.165, 1.54) is 0 Å². The van der Waals surface area contributed by atoms with Crippen molar-refractivity contribution >= 4 is 12.1 Å². The maximum Gasteiger partial charge on any atom is 0.407 e. The first-order chi connectivity index (χ1) is 12.6. The summed E-state index contributed by atoms with van der Waals surface area (Å²) in [4.78, 5) is 18.7.